The fraction of sp³-hybridized carbons (Fsp3) is 0.574. The molecule has 31 nitrogen and oxygen atoms in total. The molecule has 1 unspecified atom stereocenters. The van der Waals surface area contributed by atoms with Crippen LogP contribution in [0.4, 0.5) is 21.0 Å². The minimum absolute atomic E-state index is 0.0270. The molecule has 0 saturated carbocycles. The van der Waals surface area contributed by atoms with Gasteiger partial charge in [-0.2, -0.15) is 0 Å². The Morgan fingerprint density at radius 2 is 1.20 bits per heavy atom. The molecular weight excluding hydrogens is 1230 g/mol. The molecule has 1 saturated heterocycles. The summed E-state index contributed by atoms with van der Waals surface area (Å²) in [4.78, 5) is 142. The van der Waals surface area contributed by atoms with E-state index in [4.69, 9.17) is 17.3 Å². The molecule has 4 rings (SSSR count). The van der Waals surface area contributed by atoms with Crippen LogP contribution in [-0.4, -0.2) is 246 Å². The van der Waals surface area contributed by atoms with Crippen LogP contribution in [0.15, 0.2) is 54.7 Å². The SMILES string of the molecule is CC(=O)CCCCC[C@H](CC(=O)[C@H](CCCCNC(=S)Nc1ccc(CC2CN(C)CCN(CC(=O)O)CCN(CC(=O)O)CCN2CC(=O)O)cc1)NC(=O)Cn1nncc1-c1cccc(NC(=O)NCCCC[C@H](NC(=O)NCCCC(=O)O)C(=O)O)c1)C(=O)O. The van der Waals surface area contributed by atoms with Gasteiger partial charge in [-0.25, -0.2) is 19.1 Å². The molecule has 1 fully saturated rings. The topological polar surface area (TPSA) is 437 Å². The van der Waals surface area contributed by atoms with Crippen LogP contribution in [0.1, 0.15) is 102 Å². The Bertz CT molecular complexity index is 2970. The Labute approximate surface area is 544 Å². The molecular formula is C61H90N14O17S. The van der Waals surface area contributed by atoms with Gasteiger partial charge in [0.25, 0.3) is 0 Å². The third-order valence-electron chi connectivity index (χ3n) is 15.3. The number of hydrogen-bond donors (Lipinski definition) is 13. The minimum Gasteiger partial charge on any atom is -0.481 e. The van der Waals surface area contributed by atoms with Gasteiger partial charge in [0.1, 0.15) is 18.4 Å². The highest BCUT2D eigenvalue weighted by Crippen LogP contribution is 2.23. The van der Waals surface area contributed by atoms with Crippen LogP contribution in [-0.2, 0) is 56.1 Å². The van der Waals surface area contributed by atoms with Gasteiger partial charge in [0.2, 0.25) is 5.91 Å². The molecule has 2 aromatic carbocycles. The number of benzene rings is 2. The first-order valence-electron chi connectivity index (χ1n) is 31.1. The zero-order valence-corrected chi connectivity index (χ0v) is 53.5. The number of unbranched alkanes of at least 4 members (excludes halogenated alkanes) is 4. The fourth-order valence-corrected chi connectivity index (χ4v) is 10.6. The number of aromatic nitrogens is 3. The van der Waals surface area contributed by atoms with E-state index in [1.807, 2.05) is 41.1 Å². The van der Waals surface area contributed by atoms with Crippen molar-refractivity contribution in [3.8, 4) is 11.3 Å². The number of carboxylic acids is 6. The van der Waals surface area contributed by atoms with Crippen molar-refractivity contribution in [1.82, 2.24) is 61.2 Å². The van der Waals surface area contributed by atoms with E-state index >= 15 is 0 Å². The molecule has 2 heterocycles. The maximum atomic E-state index is 14.0. The van der Waals surface area contributed by atoms with Crippen LogP contribution in [0.2, 0.25) is 0 Å². The van der Waals surface area contributed by atoms with Crippen LogP contribution >= 0.6 is 12.2 Å². The number of Topliss-reactive ketones (excluding diaryl/α,β-unsaturated/α-hetero) is 2. The minimum atomic E-state index is -1.25. The van der Waals surface area contributed by atoms with Crippen molar-refractivity contribution in [3.05, 3.63) is 60.3 Å². The summed E-state index contributed by atoms with van der Waals surface area (Å²) in [6.07, 6.45) is 5.61. The number of carbonyl (C=O) groups excluding carboxylic acids is 5. The molecule has 512 valence electrons. The summed E-state index contributed by atoms with van der Waals surface area (Å²) >= 11 is 5.61. The number of carbonyl (C=O) groups is 11. The van der Waals surface area contributed by atoms with Crippen LogP contribution in [0.5, 0.6) is 0 Å². The molecule has 93 heavy (non-hydrogen) atoms. The molecule has 0 radical (unpaired) electrons. The number of rotatable bonds is 40. The number of amides is 5. The fourth-order valence-electron chi connectivity index (χ4n) is 10.4. The molecule has 0 aliphatic carbocycles. The van der Waals surface area contributed by atoms with Gasteiger partial charge in [-0.15, -0.1) is 5.10 Å². The van der Waals surface area contributed by atoms with Gasteiger partial charge in [-0.1, -0.05) is 42.3 Å². The van der Waals surface area contributed by atoms with E-state index in [1.54, 1.807) is 34.1 Å². The zero-order valence-electron chi connectivity index (χ0n) is 52.7. The third-order valence-corrected chi connectivity index (χ3v) is 15.6. The second-order valence-electron chi connectivity index (χ2n) is 23.0. The van der Waals surface area contributed by atoms with E-state index in [-0.39, 0.29) is 109 Å². The van der Waals surface area contributed by atoms with Crippen molar-refractivity contribution >= 4 is 94.1 Å². The Morgan fingerprint density at radius 1 is 0.591 bits per heavy atom. The van der Waals surface area contributed by atoms with Crippen molar-refractivity contribution in [2.45, 2.75) is 128 Å². The summed E-state index contributed by atoms with van der Waals surface area (Å²) < 4.78 is 1.31. The number of hydrogen-bond acceptors (Lipinski definition) is 18. The quantitative estimate of drug-likeness (QED) is 0.0287. The summed E-state index contributed by atoms with van der Waals surface area (Å²) in [5.74, 6) is -8.59. The average molecular weight is 1320 g/mol. The van der Waals surface area contributed by atoms with Gasteiger partial charge in [-0.05, 0) is 120 Å². The third kappa shape index (κ3) is 31.9. The smallest absolute Gasteiger partial charge is 0.326 e. The molecule has 32 heteroatoms. The van der Waals surface area contributed by atoms with Gasteiger partial charge in [0, 0.05) is 108 Å². The highest BCUT2D eigenvalue weighted by molar-refractivity contribution is 7.80. The lowest BCUT2D eigenvalue weighted by atomic mass is 9.91. The number of ketones is 2. The summed E-state index contributed by atoms with van der Waals surface area (Å²) in [7, 11) is 1.89. The number of nitrogens with one attached hydrogen (secondary N) is 7. The molecule has 5 amide bonds. The van der Waals surface area contributed by atoms with E-state index in [0.717, 1.165) is 5.56 Å². The second-order valence-corrected chi connectivity index (χ2v) is 23.5. The Hall–Kier alpha value is -8.72. The summed E-state index contributed by atoms with van der Waals surface area (Å²) in [5.41, 5.74) is 2.82. The number of carboxylic acid groups (broad SMARTS) is 6. The lowest BCUT2D eigenvalue weighted by Crippen LogP contribution is -2.52. The largest absolute Gasteiger partial charge is 0.481 e. The molecule has 1 aliphatic heterocycles. The number of nitrogens with zero attached hydrogens (tertiary/aromatic N) is 7. The average Bonchev–Trinajstić information content (AvgIpc) is 2.16. The molecule has 0 spiro atoms. The van der Waals surface area contributed by atoms with E-state index in [0.29, 0.717) is 118 Å². The predicted octanol–water partition coefficient (Wildman–Crippen LogP) is 2.71. The Kier molecular flexibility index (Phi) is 34.4. The molecule has 4 atom stereocenters. The van der Waals surface area contributed by atoms with Crippen molar-refractivity contribution in [2.24, 2.45) is 5.92 Å². The zero-order chi connectivity index (χ0) is 68.2. The number of likely N-dealkylation sites (N-methyl/N-ethyl adjacent to an activating group) is 1. The summed E-state index contributed by atoms with van der Waals surface area (Å²) in [5, 5.41) is 85.2. The summed E-state index contributed by atoms with van der Waals surface area (Å²) in [6.45, 7) is 3.38. The normalized spacial score (nSPS) is 15.4. The van der Waals surface area contributed by atoms with Gasteiger partial charge < -0.3 is 77.6 Å². The van der Waals surface area contributed by atoms with Crippen LogP contribution in [0.25, 0.3) is 11.3 Å². The molecule has 1 aromatic heterocycles. The van der Waals surface area contributed by atoms with E-state index < -0.39 is 77.6 Å². The highest BCUT2D eigenvalue weighted by Gasteiger charge is 2.29. The maximum Gasteiger partial charge on any atom is 0.326 e. The van der Waals surface area contributed by atoms with Crippen molar-refractivity contribution in [2.75, 3.05) is 103 Å². The van der Waals surface area contributed by atoms with Crippen molar-refractivity contribution < 1.29 is 83.4 Å². The standard InChI is InChI=1S/C61H90N14O17S/c1-41(76)12-4-3-5-13-44(57(87)88)34-51(77)48(68-52(78)37-75-50(35-65-70-75)43-14-10-15-46(33-43)66-59(91)62-23-8-7-17-49(58(89)90)69-60(92)63-25-11-18-53(79)80)16-6-9-24-64-61(93)67-45-21-19-42(20-22-45)32-47-36-71(2)26-27-72(38-54(81)82)28-29-73(39-55(83)84)30-31-74(47)40-56(85)86/h10,14-15,19-22,33,35,44,47-49H,3-9,11-13,16-18,23-32,34,36-40H2,1-2H3,(H,68,78)(H,79,80)(H,81,82)(H,83,84)(H,85,86)(H,87,88)(H,89,90)(H2,62,66,91)(H2,63,69,92)(H2,64,67,93)/t44-,47?,48+,49+/m1/s1. The van der Waals surface area contributed by atoms with Gasteiger partial charge in [0.05, 0.1) is 43.5 Å². The lowest BCUT2D eigenvalue weighted by Gasteiger charge is -2.37. The molecule has 1 aliphatic rings. The monoisotopic (exact) mass is 1320 g/mol. The Balaban J connectivity index is 1.35. The van der Waals surface area contributed by atoms with Crippen LogP contribution in [0.3, 0.4) is 0 Å². The predicted molar refractivity (Wildman–Crippen MR) is 344 cm³/mol. The number of urea groups is 2. The Morgan fingerprint density at radius 3 is 1.84 bits per heavy atom. The van der Waals surface area contributed by atoms with Crippen molar-refractivity contribution in [3.63, 3.8) is 0 Å². The van der Waals surface area contributed by atoms with Crippen molar-refractivity contribution in [1.29, 1.82) is 0 Å². The first-order valence-corrected chi connectivity index (χ1v) is 31.5. The van der Waals surface area contributed by atoms with Gasteiger partial charge in [0.15, 0.2) is 10.9 Å². The molecule has 0 bridgehead atoms. The van der Waals surface area contributed by atoms with Crippen LogP contribution < -0.4 is 37.2 Å². The van der Waals surface area contributed by atoms with Gasteiger partial charge >= 0.3 is 47.9 Å². The molecule has 3 aromatic rings. The van der Waals surface area contributed by atoms with E-state index in [2.05, 4.69) is 47.5 Å². The number of anilines is 2. The lowest BCUT2D eigenvalue weighted by molar-refractivity contribution is -0.144. The summed E-state index contributed by atoms with van der Waals surface area (Å²) in [6, 6.07) is 10.2. The highest BCUT2D eigenvalue weighted by atomic mass is 32.1. The number of aliphatic carboxylic acids is 6. The van der Waals surface area contributed by atoms with E-state index in [9.17, 15) is 78.3 Å². The number of thiocarbonyl (C=S) groups is 1. The first-order chi connectivity index (χ1) is 44.3. The maximum absolute atomic E-state index is 14.0. The van der Waals surface area contributed by atoms with E-state index in [1.165, 1.54) is 17.8 Å². The van der Waals surface area contributed by atoms with Gasteiger partial charge in [-0.3, -0.25) is 48.3 Å². The molecule has 13 N–H and O–H groups in total. The van der Waals surface area contributed by atoms with Crippen LogP contribution in [0, 0.1) is 5.92 Å². The first kappa shape index (κ1) is 76.7. The second kappa shape index (κ2) is 41.7.